The third-order valence-electron chi connectivity index (χ3n) is 3.82. The van der Waals surface area contributed by atoms with Crippen molar-refractivity contribution < 1.29 is 0 Å². The second-order valence-corrected chi connectivity index (χ2v) is 6.09. The van der Waals surface area contributed by atoms with Gasteiger partial charge in [-0.05, 0) is 47.1 Å². The zero-order valence-electron chi connectivity index (χ0n) is 10.4. The summed E-state index contributed by atoms with van der Waals surface area (Å²) in [6, 6.07) is 2.97. The molecule has 1 N–H and O–H groups in total. The van der Waals surface area contributed by atoms with Crippen LogP contribution in [-0.2, 0) is 6.54 Å². The van der Waals surface area contributed by atoms with Crippen molar-refractivity contribution in [3.8, 4) is 0 Å². The van der Waals surface area contributed by atoms with Crippen LogP contribution in [0.2, 0.25) is 0 Å². The predicted octanol–water partition coefficient (Wildman–Crippen LogP) is 4.05. The van der Waals surface area contributed by atoms with Crippen molar-refractivity contribution in [2.75, 3.05) is 0 Å². The fourth-order valence-electron chi connectivity index (χ4n) is 2.85. The van der Waals surface area contributed by atoms with Crippen molar-refractivity contribution in [3.05, 3.63) is 22.4 Å². The second kappa shape index (κ2) is 5.83. The van der Waals surface area contributed by atoms with Gasteiger partial charge in [-0.25, -0.2) is 0 Å². The summed E-state index contributed by atoms with van der Waals surface area (Å²) in [4.78, 5) is 0. The first-order valence-corrected chi connectivity index (χ1v) is 7.46. The SMILES string of the molecule is CC(C)C1CCCCC1NCc1ccsc1. The topological polar surface area (TPSA) is 12.0 Å². The number of hydrogen-bond acceptors (Lipinski definition) is 2. The molecule has 1 heterocycles. The molecule has 2 unspecified atom stereocenters. The monoisotopic (exact) mass is 237 g/mol. The summed E-state index contributed by atoms with van der Waals surface area (Å²) in [5.41, 5.74) is 1.44. The normalized spacial score (nSPS) is 26.2. The minimum atomic E-state index is 0.744. The van der Waals surface area contributed by atoms with E-state index in [1.165, 1.54) is 31.2 Å². The first-order valence-electron chi connectivity index (χ1n) is 6.52. The van der Waals surface area contributed by atoms with Gasteiger partial charge in [-0.3, -0.25) is 0 Å². The average Bonchev–Trinajstić information content (AvgIpc) is 2.79. The first kappa shape index (κ1) is 12.1. The fourth-order valence-corrected chi connectivity index (χ4v) is 3.52. The Morgan fingerprint density at radius 3 is 2.88 bits per heavy atom. The Morgan fingerprint density at radius 1 is 1.38 bits per heavy atom. The summed E-state index contributed by atoms with van der Waals surface area (Å²) in [6.45, 7) is 5.79. The van der Waals surface area contributed by atoms with Crippen LogP contribution in [0.25, 0.3) is 0 Å². The summed E-state index contributed by atoms with van der Waals surface area (Å²) in [7, 11) is 0. The molecule has 16 heavy (non-hydrogen) atoms. The lowest BCUT2D eigenvalue weighted by Crippen LogP contribution is -2.40. The standard InChI is InChI=1S/C14H23NS/c1-11(2)13-5-3-4-6-14(13)15-9-12-7-8-16-10-12/h7-8,10-11,13-15H,3-6,9H2,1-2H3. The number of rotatable bonds is 4. The highest BCUT2D eigenvalue weighted by Gasteiger charge is 2.26. The molecule has 1 nitrogen and oxygen atoms in total. The molecule has 0 aliphatic heterocycles. The van der Waals surface area contributed by atoms with E-state index in [1.54, 1.807) is 11.3 Å². The van der Waals surface area contributed by atoms with E-state index >= 15 is 0 Å². The maximum atomic E-state index is 3.76. The zero-order valence-corrected chi connectivity index (χ0v) is 11.2. The van der Waals surface area contributed by atoms with Gasteiger partial charge in [-0.1, -0.05) is 26.7 Å². The highest BCUT2D eigenvalue weighted by molar-refractivity contribution is 7.07. The van der Waals surface area contributed by atoms with Gasteiger partial charge < -0.3 is 5.32 Å². The largest absolute Gasteiger partial charge is 0.310 e. The molecule has 1 aromatic heterocycles. The summed E-state index contributed by atoms with van der Waals surface area (Å²) < 4.78 is 0. The molecule has 1 aromatic rings. The van der Waals surface area contributed by atoms with E-state index in [4.69, 9.17) is 0 Å². The van der Waals surface area contributed by atoms with Crippen LogP contribution in [0.4, 0.5) is 0 Å². The van der Waals surface area contributed by atoms with Gasteiger partial charge in [0.15, 0.2) is 0 Å². The maximum absolute atomic E-state index is 3.76. The summed E-state index contributed by atoms with van der Waals surface area (Å²) in [5, 5.41) is 8.18. The minimum absolute atomic E-state index is 0.744. The lowest BCUT2D eigenvalue weighted by molar-refractivity contribution is 0.205. The first-order chi connectivity index (χ1) is 7.77. The molecule has 1 saturated carbocycles. The molecule has 2 rings (SSSR count). The van der Waals surface area contributed by atoms with Gasteiger partial charge >= 0.3 is 0 Å². The lowest BCUT2D eigenvalue weighted by Gasteiger charge is -2.35. The van der Waals surface area contributed by atoms with Crippen molar-refractivity contribution >= 4 is 11.3 Å². The molecule has 90 valence electrons. The van der Waals surface area contributed by atoms with Crippen LogP contribution in [-0.4, -0.2) is 6.04 Å². The molecule has 1 aliphatic carbocycles. The Labute approximate surface area is 103 Å². The molecule has 0 aromatic carbocycles. The molecule has 0 radical (unpaired) electrons. The summed E-state index contributed by atoms with van der Waals surface area (Å²) >= 11 is 1.79. The van der Waals surface area contributed by atoms with Crippen LogP contribution in [0.15, 0.2) is 16.8 Å². The predicted molar refractivity (Wildman–Crippen MR) is 71.7 cm³/mol. The van der Waals surface area contributed by atoms with Gasteiger partial charge in [-0.15, -0.1) is 0 Å². The van der Waals surface area contributed by atoms with Crippen LogP contribution in [0.5, 0.6) is 0 Å². The molecular formula is C14H23NS. The molecule has 0 saturated heterocycles. The van der Waals surface area contributed by atoms with E-state index in [9.17, 15) is 0 Å². The van der Waals surface area contributed by atoms with E-state index in [1.807, 2.05) is 0 Å². The zero-order chi connectivity index (χ0) is 11.4. The second-order valence-electron chi connectivity index (χ2n) is 5.31. The highest BCUT2D eigenvalue weighted by Crippen LogP contribution is 2.30. The van der Waals surface area contributed by atoms with Gasteiger partial charge in [0.2, 0.25) is 0 Å². The molecular weight excluding hydrogens is 214 g/mol. The Hall–Kier alpha value is -0.340. The Balaban J connectivity index is 1.86. The quantitative estimate of drug-likeness (QED) is 0.833. The Morgan fingerprint density at radius 2 is 2.19 bits per heavy atom. The van der Waals surface area contributed by atoms with Crippen molar-refractivity contribution in [3.63, 3.8) is 0 Å². The van der Waals surface area contributed by atoms with Crippen LogP contribution >= 0.6 is 11.3 Å². The minimum Gasteiger partial charge on any atom is -0.310 e. The van der Waals surface area contributed by atoms with Gasteiger partial charge in [0, 0.05) is 12.6 Å². The molecule has 0 amide bonds. The van der Waals surface area contributed by atoms with Crippen LogP contribution in [0, 0.1) is 11.8 Å². The van der Waals surface area contributed by atoms with Crippen molar-refractivity contribution in [2.24, 2.45) is 11.8 Å². The number of thiophene rings is 1. The lowest BCUT2D eigenvalue weighted by atomic mass is 9.78. The van der Waals surface area contributed by atoms with Crippen LogP contribution in [0.3, 0.4) is 0 Å². The van der Waals surface area contributed by atoms with Crippen molar-refractivity contribution in [2.45, 2.75) is 52.1 Å². The molecule has 0 bridgehead atoms. The average molecular weight is 237 g/mol. The van der Waals surface area contributed by atoms with E-state index in [0.717, 1.165) is 24.4 Å². The van der Waals surface area contributed by atoms with Gasteiger partial charge in [-0.2, -0.15) is 11.3 Å². The third-order valence-corrected chi connectivity index (χ3v) is 4.56. The highest BCUT2D eigenvalue weighted by atomic mass is 32.1. The van der Waals surface area contributed by atoms with E-state index in [2.05, 4.69) is 36.0 Å². The molecule has 1 fully saturated rings. The molecule has 0 spiro atoms. The van der Waals surface area contributed by atoms with E-state index < -0.39 is 0 Å². The summed E-state index contributed by atoms with van der Waals surface area (Å²) in [5.74, 6) is 1.70. The molecule has 2 atom stereocenters. The van der Waals surface area contributed by atoms with E-state index in [0.29, 0.717) is 0 Å². The number of hydrogen-bond donors (Lipinski definition) is 1. The van der Waals surface area contributed by atoms with Crippen molar-refractivity contribution in [1.29, 1.82) is 0 Å². The summed E-state index contributed by atoms with van der Waals surface area (Å²) in [6.07, 6.45) is 5.62. The third kappa shape index (κ3) is 3.08. The fraction of sp³-hybridized carbons (Fsp3) is 0.714. The molecule has 2 heteroatoms. The van der Waals surface area contributed by atoms with Crippen LogP contribution in [0.1, 0.15) is 45.1 Å². The molecule has 1 aliphatic rings. The maximum Gasteiger partial charge on any atom is 0.0216 e. The smallest absolute Gasteiger partial charge is 0.0216 e. The Bertz CT molecular complexity index is 292. The van der Waals surface area contributed by atoms with Gasteiger partial charge in [0.1, 0.15) is 0 Å². The van der Waals surface area contributed by atoms with Crippen LogP contribution < -0.4 is 5.32 Å². The number of nitrogens with one attached hydrogen (secondary N) is 1. The van der Waals surface area contributed by atoms with Crippen molar-refractivity contribution in [1.82, 2.24) is 5.32 Å². The van der Waals surface area contributed by atoms with Gasteiger partial charge in [0.25, 0.3) is 0 Å². The van der Waals surface area contributed by atoms with E-state index in [-0.39, 0.29) is 0 Å². The Kier molecular flexibility index (Phi) is 4.42. The van der Waals surface area contributed by atoms with Gasteiger partial charge in [0.05, 0.1) is 0 Å².